The van der Waals surface area contributed by atoms with Crippen molar-refractivity contribution in [2.45, 2.75) is 19.8 Å². The maximum atomic E-state index is 5.65. The van der Waals surface area contributed by atoms with Crippen molar-refractivity contribution in [3.63, 3.8) is 0 Å². The third-order valence-electron chi connectivity index (χ3n) is 2.75. The topological polar surface area (TPSA) is 34.1 Å². The number of piperidine rings is 1. The van der Waals surface area contributed by atoms with Crippen LogP contribution in [-0.4, -0.2) is 24.7 Å². The summed E-state index contributed by atoms with van der Waals surface area (Å²) in [4.78, 5) is 4.22. The van der Waals surface area contributed by atoms with E-state index in [9.17, 15) is 0 Å². The highest BCUT2D eigenvalue weighted by Gasteiger charge is 2.13. The van der Waals surface area contributed by atoms with E-state index < -0.39 is 0 Å². The zero-order valence-corrected chi connectivity index (χ0v) is 10.4. The maximum Gasteiger partial charge on any atom is 0.213 e. The summed E-state index contributed by atoms with van der Waals surface area (Å²) in [6.07, 6.45) is 4.36. The molecule has 0 aromatic carbocycles. The Morgan fingerprint density at radius 2 is 2.38 bits per heavy atom. The molecule has 2 rings (SSSR count). The van der Waals surface area contributed by atoms with Crippen molar-refractivity contribution in [3.05, 3.63) is 23.9 Å². The number of ether oxygens (including phenoxy) is 1. The van der Waals surface area contributed by atoms with Crippen LogP contribution in [0.3, 0.4) is 0 Å². The van der Waals surface area contributed by atoms with Crippen molar-refractivity contribution in [3.8, 4) is 5.88 Å². The van der Waals surface area contributed by atoms with Crippen LogP contribution >= 0.6 is 12.4 Å². The highest BCUT2D eigenvalue weighted by Crippen LogP contribution is 2.13. The molecule has 0 bridgehead atoms. The molecule has 1 unspecified atom stereocenters. The Morgan fingerprint density at radius 3 is 3.00 bits per heavy atom. The van der Waals surface area contributed by atoms with Gasteiger partial charge < -0.3 is 10.1 Å². The number of halogens is 1. The van der Waals surface area contributed by atoms with Crippen molar-refractivity contribution >= 4 is 12.4 Å². The number of nitrogens with one attached hydrogen (secondary N) is 1. The first kappa shape index (κ1) is 13.3. The summed E-state index contributed by atoms with van der Waals surface area (Å²) in [7, 11) is 0. The van der Waals surface area contributed by atoms with Crippen molar-refractivity contribution in [2.75, 3.05) is 19.7 Å². The number of rotatable bonds is 3. The first-order chi connectivity index (χ1) is 7.34. The summed E-state index contributed by atoms with van der Waals surface area (Å²) in [6, 6.07) is 3.97. The molecular formula is C12H19ClN2O. The highest BCUT2D eigenvalue weighted by atomic mass is 35.5. The number of hydrogen-bond donors (Lipinski definition) is 1. The molecule has 0 saturated carbocycles. The summed E-state index contributed by atoms with van der Waals surface area (Å²) in [5.74, 6) is 1.38. The first-order valence-corrected chi connectivity index (χ1v) is 5.61. The Labute approximate surface area is 103 Å². The van der Waals surface area contributed by atoms with Crippen molar-refractivity contribution in [2.24, 2.45) is 5.92 Å². The fourth-order valence-electron chi connectivity index (χ4n) is 1.81. The molecular weight excluding hydrogens is 224 g/mol. The van der Waals surface area contributed by atoms with E-state index in [4.69, 9.17) is 4.74 Å². The Morgan fingerprint density at radius 1 is 1.50 bits per heavy atom. The quantitative estimate of drug-likeness (QED) is 0.883. The number of hydrogen-bond acceptors (Lipinski definition) is 3. The van der Waals surface area contributed by atoms with Crippen molar-refractivity contribution in [1.29, 1.82) is 0 Å². The number of nitrogens with zero attached hydrogens (tertiary/aromatic N) is 1. The van der Waals surface area contributed by atoms with Gasteiger partial charge in [-0.15, -0.1) is 12.4 Å². The predicted octanol–water partition coefficient (Wildman–Crippen LogP) is 2.19. The van der Waals surface area contributed by atoms with E-state index in [1.807, 2.05) is 25.3 Å². The van der Waals surface area contributed by atoms with E-state index in [2.05, 4.69) is 10.3 Å². The van der Waals surface area contributed by atoms with Gasteiger partial charge in [0.05, 0.1) is 6.61 Å². The molecule has 2 heterocycles. The second kappa shape index (κ2) is 6.71. The van der Waals surface area contributed by atoms with Gasteiger partial charge in [-0.25, -0.2) is 4.98 Å². The van der Waals surface area contributed by atoms with Gasteiger partial charge in [0, 0.05) is 24.7 Å². The smallest absolute Gasteiger partial charge is 0.213 e. The van der Waals surface area contributed by atoms with Gasteiger partial charge in [0.1, 0.15) is 0 Å². The average Bonchev–Trinajstić information content (AvgIpc) is 2.30. The van der Waals surface area contributed by atoms with Gasteiger partial charge in [-0.3, -0.25) is 0 Å². The van der Waals surface area contributed by atoms with Gasteiger partial charge >= 0.3 is 0 Å². The van der Waals surface area contributed by atoms with Gasteiger partial charge in [0.15, 0.2) is 0 Å². The van der Waals surface area contributed by atoms with Crippen LogP contribution in [0.1, 0.15) is 18.4 Å². The molecule has 4 heteroatoms. The second-order valence-electron chi connectivity index (χ2n) is 4.20. The third kappa shape index (κ3) is 3.99. The fourth-order valence-corrected chi connectivity index (χ4v) is 1.81. The van der Waals surface area contributed by atoms with E-state index in [1.165, 1.54) is 18.4 Å². The van der Waals surface area contributed by atoms with Gasteiger partial charge in [-0.2, -0.15) is 0 Å². The summed E-state index contributed by atoms with van der Waals surface area (Å²) < 4.78 is 5.65. The number of aromatic nitrogens is 1. The first-order valence-electron chi connectivity index (χ1n) is 5.61. The molecule has 0 aliphatic carbocycles. The normalized spacial score (nSPS) is 19.9. The average molecular weight is 243 g/mol. The highest BCUT2D eigenvalue weighted by molar-refractivity contribution is 5.85. The van der Waals surface area contributed by atoms with E-state index in [0.717, 1.165) is 25.6 Å². The van der Waals surface area contributed by atoms with Crippen LogP contribution in [0.4, 0.5) is 0 Å². The minimum absolute atomic E-state index is 0. The van der Waals surface area contributed by atoms with Crippen LogP contribution in [0.5, 0.6) is 5.88 Å². The predicted molar refractivity (Wildman–Crippen MR) is 67.3 cm³/mol. The Balaban J connectivity index is 0.00000128. The molecule has 0 spiro atoms. The maximum absolute atomic E-state index is 5.65. The van der Waals surface area contributed by atoms with Crippen LogP contribution in [0.2, 0.25) is 0 Å². The second-order valence-corrected chi connectivity index (χ2v) is 4.20. The van der Waals surface area contributed by atoms with Crippen LogP contribution < -0.4 is 10.1 Å². The van der Waals surface area contributed by atoms with E-state index >= 15 is 0 Å². The van der Waals surface area contributed by atoms with Crippen LogP contribution in [0.15, 0.2) is 18.3 Å². The minimum atomic E-state index is 0. The van der Waals surface area contributed by atoms with Gasteiger partial charge in [0.25, 0.3) is 0 Å². The summed E-state index contributed by atoms with van der Waals surface area (Å²) >= 11 is 0. The molecule has 1 fully saturated rings. The molecule has 16 heavy (non-hydrogen) atoms. The summed E-state index contributed by atoms with van der Waals surface area (Å²) in [6.45, 7) is 5.04. The molecule has 90 valence electrons. The van der Waals surface area contributed by atoms with Crippen LogP contribution in [0, 0.1) is 12.8 Å². The SMILES string of the molecule is Cc1ccc(OCC2CCCNC2)nc1.Cl. The Hall–Kier alpha value is -0.800. The van der Waals surface area contributed by atoms with Crippen molar-refractivity contribution < 1.29 is 4.74 Å². The molecule has 1 aromatic rings. The number of pyridine rings is 1. The Bertz CT molecular complexity index is 296. The molecule has 0 amide bonds. The van der Waals surface area contributed by atoms with Gasteiger partial charge in [-0.05, 0) is 31.9 Å². The molecule has 1 aliphatic rings. The molecule has 1 aromatic heterocycles. The molecule has 1 saturated heterocycles. The lowest BCUT2D eigenvalue weighted by Gasteiger charge is -2.22. The van der Waals surface area contributed by atoms with E-state index in [0.29, 0.717) is 5.92 Å². The van der Waals surface area contributed by atoms with Crippen LogP contribution in [-0.2, 0) is 0 Å². The lowest BCUT2D eigenvalue weighted by Crippen LogP contribution is -2.33. The zero-order chi connectivity index (χ0) is 10.5. The monoisotopic (exact) mass is 242 g/mol. The summed E-state index contributed by atoms with van der Waals surface area (Å²) in [5, 5.41) is 3.38. The Kier molecular flexibility index (Phi) is 5.56. The number of aryl methyl sites for hydroxylation is 1. The largest absolute Gasteiger partial charge is 0.477 e. The molecule has 1 atom stereocenters. The van der Waals surface area contributed by atoms with E-state index in [-0.39, 0.29) is 12.4 Å². The lowest BCUT2D eigenvalue weighted by molar-refractivity contribution is 0.212. The van der Waals surface area contributed by atoms with Gasteiger partial charge in [-0.1, -0.05) is 6.07 Å². The fraction of sp³-hybridized carbons (Fsp3) is 0.583. The lowest BCUT2D eigenvalue weighted by atomic mass is 10.0. The molecule has 0 radical (unpaired) electrons. The van der Waals surface area contributed by atoms with Crippen molar-refractivity contribution in [1.82, 2.24) is 10.3 Å². The minimum Gasteiger partial charge on any atom is -0.477 e. The standard InChI is InChI=1S/C12H18N2O.ClH/c1-10-4-5-12(14-7-10)15-9-11-3-2-6-13-8-11;/h4-5,7,11,13H,2-3,6,8-9H2,1H3;1H. The zero-order valence-electron chi connectivity index (χ0n) is 9.61. The van der Waals surface area contributed by atoms with E-state index in [1.54, 1.807) is 0 Å². The third-order valence-corrected chi connectivity index (χ3v) is 2.75. The molecule has 1 aliphatic heterocycles. The molecule has 3 nitrogen and oxygen atoms in total. The summed E-state index contributed by atoms with van der Waals surface area (Å²) in [5.41, 5.74) is 1.17. The molecule has 1 N–H and O–H groups in total. The van der Waals surface area contributed by atoms with Gasteiger partial charge in [0.2, 0.25) is 5.88 Å². The van der Waals surface area contributed by atoms with Crippen LogP contribution in [0.25, 0.3) is 0 Å².